The van der Waals surface area contributed by atoms with E-state index in [1.807, 2.05) is 0 Å². The van der Waals surface area contributed by atoms with Crippen molar-refractivity contribution in [3.8, 4) is 0 Å². The van der Waals surface area contributed by atoms with Crippen molar-refractivity contribution in [2.45, 2.75) is 0 Å². The van der Waals surface area contributed by atoms with E-state index in [0.717, 1.165) is 11.2 Å². The largest absolute Gasteiger partial charge is 0.480 e. The summed E-state index contributed by atoms with van der Waals surface area (Å²) in [7, 11) is 0. The quantitative estimate of drug-likeness (QED) is 0.695. The summed E-state index contributed by atoms with van der Waals surface area (Å²) in [6.07, 6.45) is 4.13. The first-order valence-electron chi connectivity index (χ1n) is 4.21. The van der Waals surface area contributed by atoms with Gasteiger partial charge in [-0.3, -0.25) is 14.6 Å². The van der Waals surface area contributed by atoms with E-state index in [4.69, 9.17) is 5.11 Å². The van der Waals surface area contributed by atoms with Crippen molar-refractivity contribution < 1.29 is 14.7 Å². The SMILES string of the molecule is O=C(O)C1C=NN(c2ccncc2)C1=O. The van der Waals surface area contributed by atoms with Gasteiger partial charge in [-0.1, -0.05) is 0 Å². The molecule has 0 aromatic carbocycles. The van der Waals surface area contributed by atoms with Crippen molar-refractivity contribution in [1.29, 1.82) is 0 Å². The Morgan fingerprint density at radius 3 is 2.60 bits per heavy atom. The summed E-state index contributed by atoms with van der Waals surface area (Å²) < 4.78 is 0. The van der Waals surface area contributed by atoms with Gasteiger partial charge >= 0.3 is 5.97 Å². The van der Waals surface area contributed by atoms with Gasteiger partial charge in [-0.15, -0.1) is 0 Å². The highest BCUT2D eigenvalue weighted by atomic mass is 16.4. The molecule has 1 unspecified atom stereocenters. The first kappa shape index (κ1) is 9.32. The highest BCUT2D eigenvalue weighted by Crippen LogP contribution is 2.19. The molecular weight excluding hydrogens is 198 g/mol. The lowest BCUT2D eigenvalue weighted by Gasteiger charge is -2.11. The fourth-order valence-electron chi connectivity index (χ4n) is 1.23. The van der Waals surface area contributed by atoms with Crippen LogP contribution in [-0.4, -0.2) is 28.2 Å². The maximum Gasteiger partial charge on any atom is 0.321 e. The third-order valence-corrected chi connectivity index (χ3v) is 1.98. The third-order valence-electron chi connectivity index (χ3n) is 1.98. The Morgan fingerprint density at radius 2 is 2.07 bits per heavy atom. The van der Waals surface area contributed by atoms with Gasteiger partial charge in [-0.2, -0.15) is 10.1 Å². The van der Waals surface area contributed by atoms with Gasteiger partial charge in [0.15, 0.2) is 5.92 Å². The molecule has 1 N–H and O–H groups in total. The van der Waals surface area contributed by atoms with Crippen molar-refractivity contribution in [2.24, 2.45) is 11.0 Å². The topological polar surface area (TPSA) is 82.9 Å². The van der Waals surface area contributed by atoms with Crippen LogP contribution >= 0.6 is 0 Å². The molecule has 0 bridgehead atoms. The van der Waals surface area contributed by atoms with Crippen molar-refractivity contribution in [2.75, 3.05) is 5.01 Å². The van der Waals surface area contributed by atoms with Crippen LogP contribution in [0, 0.1) is 5.92 Å². The molecule has 6 heteroatoms. The number of pyridine rings is 1. The predicted octanol–water partition coefficient (Wildman–Crippen LogP) is 0.115. The molecule has 0 fully saturated rings. The Bertz CT molecular complexity index is 429. The fourth-order valence-corrected chi connectivity index (χ4v) is 1.23. The summed E-state index contributed by atoms with van der Waals surface area (Å²) in [5, 5.41) is 13.5. The van der Waals surface area contributed by atoms with Crippen molar-refractivity contribution in [1.82, 2.24) is 4.98 Å². The minimum atomic E-state index is -1.19. The molecule has 0 spiro atoms. The van der Waals surface area contributed by atoms with E-state index in [-0.39, 0.29) is 0 Å². The molecule has 2 heterocycles. The molecule has 0 saturated heterocycles. The smallest absolute Gasteiger partial charge is 0.321 e. The standard InChI is InChI=1S/C9H7N3O3/c13-8-7(9(14)15)5-11-12(8)6-1-3-10-4-2-6/h1-5,7H,(H,14,15). The van der Waals surface area contributed by atoms with Gasteiger partial charge in [0.1, 0.15) is 0 Å². The summed E-state index contributed by atoms with van der Waals surface area (Å²) >= 11 is 0. The van der Waals surface area contributed by atoms with Crippen LogP contribution in [0.2, 0.25) is 0 Å². The Labute approximate surface area is 84.8 Å². The molecule has 0 radical (unpaired) electrons. The first-order chi connectivity index (χ1) is 7.20. The normalized spacial score (nSPS) is 19.6. The number of aromatic nitrogens is 1. The number of hydrazone groups is 1. The van der Waals surface area contributed by atoms with Gasteiger partial charge < -0.3 is 5.11 Å². The van der Waals surface area contributed by atoms with Gasteiger partial charge in [0, 0.05) is 18.6 Å². The van der Waals surface area contributed by atoms with E-state index in [1.165, 1.54) is 12.4 Å². The zero-order chi connectivity index (χ0) is 10.8. The number of carboxylic acid groups (broad SMARTS) is 1. The molecule has 0 saturated carbocycles. The van der Waals surface area contributed by atoms with E-state index in [1.54, 1.807) is 12.1 Å². The van der Waals surface area contributed by atoms with Crippen molar-refractivity contribution in [3.05, 3.63) is 24.5 Å². The molecule has 1 aliphatic rings. The number of carbonyl (C=O) groups excluding carboxylic acids is 1. The number of rotatable bonds is 2. The lowest BCUT2D eigenvalue weighted by molar-refractivity contribution is -0.142. The Morgan fingerprint density at radius 1 is 1.40 bits per heavy atom. The molecule has 1 aliphatic heterocycles. The molecule has 1 amide bonds. The molecule has 1 aromatic heterocycles. The Balaban J connectivity index is 2.26. The predicted molar refractivity (Wildman–Crippen MR) is 51.3 cm³/mol. The number of aliphatic carboxylic acids is 1. The fraction of sp³-hybridized carbons (Fsp3) is 0.111. The van der Waals surface area contributed by atoms with Crippen LogP contribution in [0.5, 0.6) is 0 Å². The molecule has 15 heavy (non-hydrogen) atoms. The van der Waals surface area contributed by atoms with Gasteiger partial charge in [-0.05, 0) is 12.1 Å². The number of hydrogen-bond donors (Lipinski definition) is 1. The maximum absolute atomic E-state index is 11.5. The number of carboxylic acids is 1. The molecule has 76 valence electrons. The van der Waals surface area contributed by atoms with Gasteiger partial charge in [-0.25, -0.2) is 0 Å². The average Bonchev–Trinajstić information content (AvgIpc) is 2.61. The summed E-state index contributed by atoms with van der Waals surface area (Å²) in [5.74, 6) is -2.94. The molecule has 2 rings (SSSR count). The minimum Gasteiger partial charge on any atom is -0.480 e. The van der Waals surface area contributed by atoms with Gasteiger partial charge in [0.2, 0.25) is 0 Å². The number of amides is 1. The summed E-state index contributed by atoms with van der Waals surface area (Å²) in [6.45, 7) is 0. The van der Waals surface area contributed by atoms with Gasteiger partial charge in [0.05, 0.1) is 5.69 Å². The van der Waals surface area contributed by atoms with Crippen LogP contribution in [0.1, 0.15) is 0 Å². The monoisotopic (exact) mass is 205 g/mol. The second kappa shape index (κ2) is 3.49. The van der Waals surface area contributed by atoms with Crippen LogP contribution < -0.4 is 5.01 Å². The van der Waals surface area contributed by atoms with Crippen LogP contribution in [0.4, 0.5) is 5.69 Å². The molecule has 1 atom stereocenters. The van der Waals surface area contributed by atoms with Crippen LogP contribution in [0.25, 0.3) is 0 Å². The van der Waals surface area contributed by atoms with E-state index >= 15 is 0 Å². The number of hydrogen-bond acceptors (Lipinski definition) is 4. The van der Waals surface area contributed by atoms with E-state index in [2.05, 4.69) is 10.1 Å². The number of anilines is 1. The summed E-state index contributed by atoms with van der Waals surface area (Å²) in [5.41, 5.74) is 0.509. The molecular formula is C9H7N3O3. The van der Waals surface area contributed by atoms with Gasteiger partial charge in [0.25, 0.3) is 5.91 Å². The molecule has 0 aliphatic carbocycles. The summed E-state index contributed by atoms with van der Waals surface area (Å²) in [4.78, 5) is 26.0. The van der Waals surface area contributed by atoms with Crippen molar-refractivity contribution in [3.63, 3.8) is 0 Å². The molecule has 6 nitrogen and oxygen atoms in total. The second-order valence-electron chi connectivity index (χ2n) is 2.94. The van der Waals surface area contributed by atoms with E-state index in [0.29, 0.717) is 5.69 Å². The minimum absolute atomic E-state index is 0.509. The highest BCUT2D eigenvalue weighted by Gasteiger charge is 2.34. The first-order valence-corrected chi connectivity index (χ1v) is 4.21. The van der Waals surface area contributed by atoms with Crippen LogP contribution in [-0.2, 0) is 9.59 Å². The lowest BCUT2D eigenvalue weighted by atomic mass is 10.1. The lowest BCUT2D eigenvalue weighted by Crippen LogP contribution is -2.30. The number of carbonyl (C=O) groups is 2. The Hall–Kier alpha value is -2.24. The summed E-state index contributed by atoms with van der Waals surface area (Å²) in [6, 6.07) is 3.17. The average molecular weight is 205 g/mol. The third kappa shape index (κ3) is 1.56. The van der Waals surface area contributed by atoms with E-state index < -0.39 is 17.8 Å². The van der Waals surface area contributed by atoms with Crippen molar-refractivity contribution >= 4 is 23.8 Å². The van der Waals surface area contributed by atoms with Crippen LogP contribution in [0.15, 0.2) is 29.6 Å². The van der Waals surface area contributed by atoms with Crippen LogP contribution in [0.3, 0.4) is 0 Å². The van der Waals surface area contributed by atoms with E-state index in [9.17, 15) is 9.59 Å². The zero-order valence-corrected chi connectivity index (χ0v) is 7.57. The maximum atomic E-state index is 11.5. The zero-order valence-electron chi connectivity index (χ0n) is 7.57. The number of nitrogens with zero attached hydrogens (tertiary/aromatic N) is 3. The second-order valence-corrected chi connectivity index (χ2v) is 2.94. The highest BCUT2D eigenvalue weighted by molar-refractivity contribution is 6.19. The molecule has 1 aromatic rings. The Kier molecular flexibility index (Phi) is 2.17.